The molecule has 0 aliphatic rings. The van der Waals surface area contributed by atoms with Crippen LogP contribution in [-0.2, 0) is 6.42 Å². The second-order valence-electron chi connectivity index (χ2n) is 4.65. The first-order chi connectivity index (χ1) is 9.63. The average Bonchev–Trinajstić information content (AvgIpc) is 2.48. The number of aliphatic hydroxyl groups excluding tert-OH is 1. The highest BCUT2D eigenvalue weighted by Crippen LogP contribution is 2.26. The van der Waals surface area contributed by atoms with Gasteiger partial charge in [-0.2, -0.15) is 0 Å². The second kappa shape index (κ2) is 7.98. The van der Waals surface area contributed by atoms with Crippen LogP contribution in [0.1, 0.15) is 17.2 Å². The van der Waals surface area contributed by atoms with Crippen LogP contribution in [0.3, 0.4) is 0 Å². The average molecular weight is 312 g/mol. The van der Waals surface area contributed by atoms with Gasteiger partial charge in [0.2, 0.25) is 0 Å². The summed E-state index contributed by atoms with van der Waals surface area (Å²) in [6, 6.07) is 13.4. The summed E-state index contributed by atoms with van der Waals surface area (Å²) in [6.45, 7) is 0. The van der Waals surface area contributed by atoms with Crippen molar-refractivity contribution in [3.63, 3.8) is 0 Å². The number of hydrogen-bond acceptors (Lipinski definition) is 3. The molecule has 2 atom stereocenters. The van der Waals surface area contributed by atoms with Crippen molar-refractivity contribution in [3.05, 3.63) is 65.5 Å². The fourth-order valence-electron chi connectivity index (χ4n) is 2.13. The minimum absolute atomic E-state index is 0. The molecule has 2 aromatic carbocycles. The summed E-state index contributed by atoms with van der Waals surface area (Å²) in [7, 11) is 1.40. The molecule has 0 heterocycles. The van der Waals surface area contributed by atoms with Crippen molar-refractivity contribution in [1.82, 2.24) is 0 Å². The molecule has 114 valence electrons. The first kappa shape index (κ1) is 17.4. The van der Waals surface area contributed by atoms with Gasteiger partial charge >= 0.3 is 0 Å². The first-order valence-corrected chi connectivity index (χ1v) is 6.43. The molecule has 5 heteroatoms. The SMILES string of the molecule is COc1cccc([C@@H](N)[C@@H](O)Cc2ccccc2)c1F.Cl. The second-order valence-corrected chi connectivity index (χ2v) is 4.65. The first-order valence-electron chi connectivity index (χ1n) is 6.43. The Labute approximate surface area is 130 Å². The number of ether oxygens (including phenoxy) is 1. The minimum Gasteiger partial charge on any atom is -0.494 e. The Morgan fingerprint density at radius 3 is 2.43 bits per heavy atom. The summed E-state index contributed by atoms with van der Waals surface area (Å²) >= 11 is 0. The summed E-state index contributed by atoms with van der Waals surface area (Å²) < 4.78 is 19.0. The molecule has 2 rings (SSSR count). The molecule has 0 aromatic heterocycles. The van der Waals surface area contributed by atoms with E-state index in [4.69, 9.17) is 10.5 Å². The van der Waals surface area contributed by atoms with E-state index in [2.05, 4.69) is 0 Å². The molecule has 0 aliphatic carbocycles. The lowest BCUT2D eigenvalue weighted by atomic mass is 9.96. The number of benzene rings is 2. The summed E-state index contributed by atoms with van der Waals surface area (Å²) in [5.74, 6) is -0.389. The van der Waals surface area contributed by atoms with Gasteiger partial charge in [-0.3, -0.25) is 0 Å². The van der Waals surface area contributed by atoms with Gasteiger partial charge in [-0.15, -0.1) is 12.4 Å². The third-order valence-corrected chi connectivity index (χ3v) is 3.27. The van der Waals surface area contributed by atoms with Gasteiger partial charge in [-0.25, -0.2) is 4.39 Å². The van der Waals surface area contributed by atoms with Crippen LogP contribution in [0.4, 0.5) is 4.39 Å². The maximum Gasteiger partial charge on any atom is 0.169 e. The van der Waals surface area contributed by atoms with Gasteiger partial charge in [-0.1, -0.05) is 42.5 Å². The minimum atomic E-state index is -0.862. The van der Waals surface area contributed by atoms with Gasteiger partial charge in [0.1, 0.15) is 0 Å². The maximum atomic E-state index is 14.1. The Hall–Kier alpha value is -1.62. The third-order valence-electron chi connectivity index (χ3n) is 3.27. The zero-order valence-electron chi connectivity index (χ0n) is 11.7. The summed E-state index contributed by atoms with van der Waals surface area (Å²) in [5.41, 5.74) is 7.18. The molecule has 0 unspecified atom stereocenters. The lowest BCUT2D eigenvalue weighted by Gasteiger charge is -2.20. The molecule has 0 saturated heterocycles. The van der Waals surface area contributed by atoms with Crippen LogP contribution < -0.4 is 10.5 Å². The molecular formula is C16H19ClFNO2. The van der Waals surface area contributed by atoms with Gasteiger partial charge in [0, 0.05) is 12.0 Å². The lowest BCUT2D eigenvalue weighted by Crippen LogP contribution is -2.29. The molecular weight excluding hydrogens is 293 g/mol. The van der Waals surface area contributed by atoms with Crippen molar-refractivity contribution < 1.29 is 14.2 Å². The summed E-state index contributed by atoms with van der Waals surface area (Å²) in [5, 5.41) is 10.2. The van der Waals surface area contributed by atoms with Crippen LogP contribution >= 0.6 is 12.4 Å². The largest absolute Gasteiger partial charge is 0.494 e. The van der Waals surface area contributed by atoms with Crippen LogP contribution in [0.2, 0.25) is 0 Å². The molecule has 0 fully saturated rings. The van der Waals surface area contributed by atoms with Crippen molar-refractivity contribution in [2.24, 2.45) is 5.73 Å². The zero-order chi connectivity index (χ0) is 14.5. The van der Waals surface area contributed by atoms with E-state index in [9.17, 15) is 9.50 Å². The fraction of sp³-hybridized carbons (Fsp3) is 0.250. The van der Waals surface area contributed by atoms with E-state index in [-0.39, 0.29) is 23.7 Å². The fourth-order valence-corrected chi connectivity index (χ4v) is 2.13. The Morgan fingerprint density at radius 2 is 1.81 bits per heavy atom. The standard InChI is InChI=1S/C16H18FNO2.ClH/c1-20-14-9-5-8-12(15(14)17)16(18)13(19)10-11-6-3-2-4-7-11;/h2-9,13,16,19H,10,18H2,1H3;1H/t13-,16+;/m0./s1. The third kappa shape index (κ3) is 4.17. The van der Waals surface area contributed by atoms with E-state index >= 15 is 0 Å². The Bertz CT molecular complexity index is 565. The zero-order valence-corrected chi connectivity index (χ0v) is 12.5. The van der Waals surface area contributed by atoms with E-state index in [0.29, 0.717) is 6.42 Å². The molecule has 0 amide bonds. The molecule has 0 saturated carbocycles. The van der Waals surface area contributed by atoms with E-state index < -0.39 is 18.0 Å². The highest BCUT2D eigenvalue weighted by Gasteiger charge is 2.22. The molecule has 21 heavy (non-hydrogen) atoms. The monoisotopic (exact) mass is 311 g/mol. The van der Waals surface area contributed by atoms with E-state index in [0.717, 1.165) is 5.56 Å². The lowest BCUT2D eigenvalue weighted by molar-refractivity contribution is 0.143. The number of aliphatic hydroxyl groups is 1. The topological polar surface area (TPSA) is 55.5 Å². The van der Waals surface area contributed by atoms with Crippen molar-refractivity contribution in [1.29, 1.82) is 0 Å². The predicted molar refractivity (Wildman–Crippen MR) is 83.3 cm³/mol. The van der Waals surface area contributed by atoms with Gasteiger partial charge in [0.15, 0.2) is 11.6 Å². The number of hydrogen-bond donors (Lipinski definition) is 2. The normalized spacial score (nSPS) is 13.1. The van der Waals surface area contributed by atoms with Crippen LogP contribution in [-0.4, -0.2) is 18.3 Å². The van der Waals surface area contributed by atoms with Gasteiger partial charge in [0.25, 0.3) is 0 Å². The van der Waals surface area contributed by atoms with Crippen molar-refractivity contribution in [2.75, 3.05) is 7.11 Å². The highest BCUT2D eigenvalue weighted by atomic mass is 35.5. The maximum absolute atomic E-state index is 14.1. The van der Waals surface area contributed by atoms with Crippen LogP contribution in [0, 0.1) is 5.82 Å². The van der Waals surface area contributed by atoms with E-state index in [1.165, 1.54) is 13.2 Å². The van der Waals surface area contributed by atoms with E-state index in [1.54, 1.807) is 12.1 Å². The predicted octanol–water partition coefficient (Wildman–Crippen LogP) is 2.86. The van der Waals surface area contributed by atoms with Crippen molar-refractivity contribution >= 4 is 12.4 Å². The molecule has 0 aliphatic heterocycles. The number of methoxy groups -OCH3 is 1. The Kier molecular flexibility index (Phi) is 6.62. The Morgan fingerprint density at radius 1 is 1.14 bits per heavy atom. The molecule has 0 radical (unpaired) electrons. The Balaban J connectivity index is 0.00000220. The van der Waals surface area contributed by atoms with Gasteiger partial charge in [0.05, 0.1) is 19.3 Å². The molecule has 0 spiro atoms. The number of nitrogens with two attached hydrogens (primary N) is 1. The molecule has 3 N–H and O–H groups in total. The number of rotatable bonds is 5. The quantitative estimate of drug-likeness (QED) is 0.892. The van der Waals surface area contributed by atoms with Crippen molar-refractivity contribution in [3.8, 4) is 5.75 Å². The number of halogens is 2. The smallest absolute Gasteiger partial charge is 0.169 e. The van der Waals surface area contributed by atoms with Crippen LogP contribution in [0.5, 0.6) is 5.75 Å². The molecule has 3 nitrogen and oxygen atoms in total. The highest BCUT2D eigenvalue weighted by molar-refractivity contribution is 5.85. The summed E-state index contributed by atoms with van der Waals surface area (Å²) in [4.78, 5) is 0. The van der Waals surface area contributed by atoms with E-state index in [1.807, 2.05) is 30.3 Å². The molecule has 0 bridgehead atoms. The van der Waals surface area contributed by atoms with Crippen LogP contribution in [0.15, 0.2) is 48.5 Å². The van der Waals surface area contributed by atoms with Gasteiger partial charge in [-0.05, 0) is 11.6 Å². The van der Waals surface area contributed by atoms with Gasteiger partial charge < -0.3 is 15.6 Å². The van der Waals surface area contributed by atoms with Crippen molar-refractivity contribution in [2.45, 2.75) is 18.6 Å². The molecule has 2 aromatic rings. The summed E-state index contributed by atoms with van der Waals surface area (Å²) in [6.07, 6.45) is -0.488. The van der Waals surface area contributed by atoms with Crippen LogP contribution in [0.25, 0.3) is 0 Å².